The molecule has 0 saturated carbocycles. The van der Waals surface area contributed by atoms with E-state index in [9.17, 15) is 4.79 Å². The molecule has 1 aromatic carbocycles. The molecule has 0 saturated heterocycles. The van der Waals surface area contributed by atoms with Crippen LogP contribution in [0.15, 0.2) is 41.4 Å². The molecular formula is C17H19N5O2. The largest absolute Gasteiger partial charge is 0.361 e. The number of carbonyl (C=O) groups excluding carboxylic acids is 1. The van der Waals surface area contributed by atoms with E-state index in [-0.39, 0.29) is 18.4 Å². The van der Waals surface area contributed by atoms with Gasteiger partial charge in [0, 0.05) is 5.56 Å². The van der Waals surface area contributed by atoms with Gasteiger partial charge in [-0.3, -0.25) is 4.79 Å². The topological polar surface area (TPSA) is 85.8 Å². The van der Waals surface area contributed by atoms with E-state index in [0.717, 1.165) is 22.5 Å². The summed E-state index contributed by atoms with van der Waals surface area (Å²) < 4.78 is 6.78. The number of nitrogens with one attached hydrogen (secondary N) is 1. The van der Waals surface area contributed by atoms with E-state index in [1.165, 1.54) is 6.33 Å². The third-order valence-electron chi connectivity index (χ3n) is 3.97. The van der Waals surface area contributed by atoms with Crippen LogP contribution in [0.4, 0.5) is 0 Å². The normalized spacial score (nSPS) is 12.1. The van der Waals surface area contributed by atoms with Crippen molar-refractivity contribution in [3.05, 3.63) is 59.5 Å². The third kappa shape index (κ3) is 3.34. The summed E-state index contributed by atoms with van der Waals surface area (Å²) in [6.45, 7) is 5.61. The van der Waals surface area contributed by atoms with Crippen LogP contribution in [0, 0.1) is 13.8 Å². The van der Waals surface area contributed by atoms with E-state index in [4.69, 9.17) is 4.52 Å². The summed E-state index contributed by atoms with van der Waals surface area (Å²) in [7, 11) is 0. The van der Waals surface area contributed by atoms with Crippen molar-refractivity contribution in [3.8, 4) is 5.69 Å². The summed E-state index contributed by atoms with van der Waals surface area (Å²) in [5.74, 6) is 0.629. The van der Waals surface area contributed by atoms with Crippen LogP contribution in [0.3, 0.4) is 0 Å². The molecule has 1 unspecified atom stereocenters. The van der Waals surface area contributed by atoms with Gasteiger partial charge in [-0.25, -0.2) is 9.67 Å². The van der Waals surface area contributed by atoms with E-state index >= 15 is 0 Å². The highest BCUT2D eigenvalue weighted by Gasteiger charge is 2.15. The van der Waals surface area contributed by atoms with Crippen LogP contribution >= 0.6 is 0 Å². The standard InChI is InChI=1S/C17H19N5O2/c1-11(20-17(23)8-16-12(2)21-24-13(16)3)14-4-6-15(7-5-14)22-10-18-9-19-22/h4-7,9-11H,8H2,1-3H3,(H,20,23). The number of aromatic nitrogens is 4. The van der Waals surface area contributed by atoms with Crippen molar-refractivity contribution in [2.75, 3.05) is 0 Å². The summed E-state index contributed by atoms with van der Waals surface area (Å²) in [5, 5.41) is 11.0. The summed E-state index contributed by atoms with van der Waals surface area (Å²) >= 11 is 0. The summed E-state index contributed by atoms with van der Waals surface area (Å²) in [5.41, 5.74) is 3.55. The minimum Gasteiger partial charge on any atom is -0.361 e. The molecule has 2 heterocycles. The Bertz CT molecular complexity index is 802. The van der Waals surface area contributed by atoms with Gasteiger partial charge in [0.1, 0.15) is 18.4 Å². The molecule has 1 amide bonds. The maximum absolute atomic E-state index is 12.2. The predicted molar refractivity (Wildman–Crippen MR) is 87.6 cm³/mol. The van der Waals surface area contributed by atoms with Gasteiger partial charge in [0.25, 0.3) is 0 Å². The first-order valence-corrected chi connectivity index (χ1v) is 7.70. The SMILES string of the molecule is Cc1noc(C)c1CC(=O)NC(C)c1ccc(-n2cncn2)cc1. The van der Waals surface area contributed by atoms with Gasteiger partial charge in [0.2, 0.25) is 5.91 Å². The lowest BCUT2D eigenvalue weighted by molar-refractivity contribution is -0.121. The monoisotopic (exact) mass is 325 g/mol. The number of hydrogen-bond acceptors (Lipinski definition) is 5. The molecule has 124 valence electrons. The first kappa shape index (κ1) is 15.9. The highest BCUT2D eigenvalue weighted by Crippen LogP contribution is 2.17. The maximum Gasteiger partial charge on any atom is 0.225 e. The quantitative estimate of drug-likeness (QED) is 0.778. The van der Waals surface area contributed by atoms with Crippen molar-refractivity contribution < 1.29 is 9.32 Å². The number of hydrogen-bond donors (Lipinski definition) is 1. The van der Waals surface area contributed by atoms with Gasteiger partial charge in [0.05, 0.1) is 23.8 Å². The number of nitrogens with zero attached hydrogens (tertiary/aromatic N) is 4. The number of rotatable bonds is 5. The molecule has 3 aromatic rings. The first-order valence-electron chi connectivity index (χ1n) is 7.70. The van der Waals surface area contributed by atoms with Crippen molar-refractivity contribution >= 4 is 5.91 Å². The average Bonchev–Trinajstić information content (AvgIpc) is 3.21. The molecule has 24 heavy (non-hydrogen) atoms. The molecule has 7 heteroatoms. The Morgan fingerprint density at radius 1 is 1.29 bits per heavy atom. The molecule has 0 fully saturated rings. The molecule has 2 aromatic heterocycles. The zero-order valence-corrected chi connectivity index (χ0v) is 13.9. The highest BCUT2D eigenvalue weighted by molar-refractivity contribution is 5.79. The lowest BCUT2D eigenvalue weighted by Crippen LogP contribution is -2.28. The van der Waals surface area contributed by atoms with E-state index < -0.39 is 0 Å². The van der Waals surface area contributed by atoms with Crippen LogP contribution in [0.25, 0.3) is 5.69 Å². The molecule has 1 atom stereocenters. The van der Waals surface area contributed by atoms with Crippen LogP contribution in [0.2, 0.25) is 0 Å². The molecule has 0 bridgehead atoms. The van der Waals surface area contributed by atoms with Crippen LogP contribution in [0.1, 0.15) is 35.5 Å². The van der Waals surface area contributed by atoms with Gasteiger partial charge in [-0.15, -0.1) is 0 Å². The van der Waals surface area contributed by atoms with E-state index in [0.29, 0.717) is 5.76 Å². The zero-order valence-electron chi connectivity index (χ0n) is 13.9. The smallest absolute Gasteiger partial charge is 0.225 e. The van der Waals surface area contributed by atoms with Crippen molar-refractivity contribution in [2.24, 2.45) is 0 Å². The maximum atomic E-state index is 12.2. The number of amides is 1. The summed E-state index contributed by atoms with van der Waals surface area (Å²) in [6.07, 6.45) is 3.40. The lowest BCUT2D eigenvalue weighted by atomic mass is 10.1. The second kappa shape index (κ2) is 6.66. The number of benzene rings is 1. The minimum absolute atomic E-state index is 0.0581. The third-order valence-corrected chi connectivity index (χ3v) is 3.97. The Balaban J connectivity index is 1.64. The number of aryl methyl sites for hydroxylation is 2. The van der Waals surface area contributed by atoms with Crippen LogP contribution < -0.4 is 5.32 Å². The predicted octanol–water partition coefficient (Wildman–Crippen LogP) is 2.29. The Hall–Kier alpha value is -2.96. The highest BCUT2D eigenvalue weighted by atomic mass is 16.5. The van der Waals surface area contributed by atoms with E-state index in [2.05, 4.69) is 20.6 Å². The minimum atomic E-state index is -0.0947. The van der Waals surface area contributed by atoms with Crippen molar-refractivity contribution in [1.82, 2.24) is 25.2 Å². The fourth-order valence-electron chi connectivity index (χ4n) is 2.55. The van der Waals surface area contributed by atoms with Crippen LogP contribution in [-0.4, -0.2) is 25.8 Å². The van der Waals surface area contributed by atoms with Crippen LogP contribution in [0.5, 0.6) is 0 Å². The molecular weight excluding hydrogens is 306 g/mol. The van der Waals surface area contributed by atoms with E-state index in [1.54, 1.807) is 11.0 Å². The Morgan fingerprint density at radius 2 is 2.04 bits per heavy atom. The molecule has 3 rings (SSSR count). The molecule has 0 aliphatic rings. The lowest BCUT2D eigenvalue weighted by Gasteiger charge is -2.15. The van der Waals surface area contributed by atoms with Gasteiger partial charge in [-0.1, -0.05) is 17.3 Å². The van der Waals surface area contributed by atoms with Gasteiger partial charge < -0.3 is 9.84 Å². The Labute approximate surface area is 139 Å². The summed E-state index contributed by atoms with van der Waals surface area (Å²) in [6, 6.07) is 7.74. The van der Waals surface area contributed by atoms with Crippen molar-refractivity contribution in [1.29, 1.82) is 0 Å². The fourth-order valence-corrected chi connectivity index (χ4v) is 2.55. The van der Waals surface area contributed by atoms with Gasteiger partial charge >= 0.3 is 0 Å². The van der Waals surface area contributed by atoms with Gasteiger partial charge in [0.15, 0.2) is 0 Å². The molecule has 0 aliphatic heterocycles. The van der Waals surface area contributed by atoms with Gasteiger partial charge in [-0.2, -0.15) is 5.10 Å². The molecule has 0 aliphatic carbocycles. The second-order valence-electron chi connectivity index (χ2n) is 5.70. The molecule has 0 radical (unpaired) electrons. The van der Waals surface area contributed by atoms with Crippen molar-refractivity contribution in [3.63, 3.8) is 0 Å². The van der Waals surface area contributed by atoms with Crippen LogP contribution in [-0.2, 0) is 11.2 Å². The average molecular weight is 325 g/mol. The molecule has 7 nitrogen and oxygen atoms in total. The molecule has 0 spiro atoms. The van der Waals surface area contributed by atoms with Crippen molar-refractivity contribution in [2.45, 2.75) is 33.2 Å². The zero-order chi connectivity index (χ0) is 17.1. The Morgan fingerprint density at radius 3 is 2.62 bits per heavy atom. The fraction of sp³-hybridized carbons (Fsp3) is 0.294. The number of carbonyl (C=O) groups is 1. The summed E-state index contributed by atoms with van der Waals surface area (Å²) in [4.78, 5) is 16.2. The Kier molecular flexibility index (Phi) is 4.41. The van der Waals surface area contributed by atoms with Gasteiger partial charge in [-0.05, 0) is 38.5 Å². The second-order valence-corrected chi connectivity index (χ2v) is 5.70. The van der Waals surface area contributed by atoms with E-state index in [1.807, 2.05) is 45.0 Å². The molecule has 1 N–H and O–H groups in total. The first-order chi connectivity index (χ1) is 11.5.